The number of hydrogen-bond donors (Lipinski definition) is 1. The van der Waals surface area contributed by atoms with Crippen molar-refractivity contribution in [3.05, 3.63) is 28.2 Å². The van der Waals surface area contributed by atoms with E-state index in [2.05, 4.69) is 54.6 Å². The fourth-order valence-corrected chi connectivity index (χ4v) is 3.05. The van der Waals surface area contributed by atoms with Gasteiger partial charge in [-0.05, 0) is 36.5 Å². The minimum Gasteiger partial charge on any atom is -0.399 e. The Morgan fingerprint density at radius 2 is 1.84 bits per heavy atom. The molecule has 0 unspecified atom stereocenters. The summed E-state index contributed by atoms with van der Waals surface area (Å²) in [4.78, 5) is 2.60. The van der Waals surface area contributed by atoms with Gasteiger partial charge in [-0.25, -0.2) is 0 Å². The summed E-state index contributed by atoms with van der Waals surface area (Å²) in [6.45, 7) is 11.3. The molecule has 1 aromatic carbocycles. The molecule has 1 rings (SSSR count). The molecule has 0 aliphatic carbocycles. The van der Waals surface area contributed by atoms with Crippen LogP contribution in [0.15, 0.2) is 22.7 Å². The van der Waals surface area contributed by atoms with Gasteiger partial charge in [0.2, 0.25) is 0 Å². The van der Waals surface area contributed by atoms with Gasteiger partial charge < -0.3 is 5.73 Å². The van der Waals surface area contributed by atoms with E-state index in [0.29, 0.717) is 12.0 Å². The van der Waals surface area contributed by atoms with E-state index in [0.717, 1.165) is 23.2 Å². The predicted molar refractivity (Wildman–Crippen MR) is 88.2 cm³/mol. The number of nitrogens with two attached hydrogens (primary N) is 1. The van der Waals surface area contributed by atoms with Crippen molar-refractivity contribution < 1.29 is 0 Å². The van der Waals surface area contributed by atoms with Crippen molar-refractivity contribution in [2.24, 2.45) is 5.92 Å². The van der Waals surface area contributed by atoms with Crippen LogP contribution < -0.4 is 5.73 Å². The zero-order chi connectivity index (χ0) is 14.4. The number of hydrogen-bond acceptors (Lipinski definition) is 2. The Morgan fingerprint density at radius 3 is 2.32 bits per heavy atom. The van der Waals surface area contributed by atoms with E-state index in [1.165, 1.54) is 18.4 Å². The van der Waals surface area contributed by atoms with E-state index in [9.17, 15) is 0 Å². The highest BCUT2D eigenvalue weighted by Gasteiger charge is 2.17. The van der Waals surface area contributed by atoms with Crippen molar-refractivity contribution >= 4 is 21.6 Å². The maximum absolute atomic E-state index is 5.81. The van der Waals surface area contributed by atoms with Gasteiger partial charge in [0, 0.05) is 29.3 Å². The quantitative estimate of drug-likeness (QED) is 0.737. The molecular weight excluding hydrogens is 300 g/mol. The zero-order valence-electron chi connectivity index (χ0n) is 12.6. The minimum atomic E-state index is 0.659. The molecule has 0 atom stereocenters. The lowest BCUT2D eigenvalue weighted by atomic mass is 10.1. The van der Waals surface area contributed by atoms with Crippen LogP contribution >= 0.6 is 15.9 Å². The van der Waals surface area contributed by atoms with Crippen LogP contribution in [0.1, 0.15) is 46.1 Å². The summed E-state index contributed by atoms with van der Waals surface area (Å²) < 4.78 is 1.12. The van der Waals surface area contributed by atoms with Crippen LogP contribution in [-0.4, -0.2) is 17.5 Å². The number of benzene rings is 1. The lowest BCUT2D eigenvalue weighted by Gasteiger charge is -2.32. The molecular formula is C16H27BrN2. The van der Waals surface area contributed by atoms with E-state index in [-0.39, 0.29) is 0 Å². The SMILES string of the molecule is CCC(CC)N(Cc1ccc(N)cc1Br)CC(C)C. The molecule has 2 N–H and O–H groups in total. The molecule has 0 aliphatic rings. The van der Waals surface area contributed by atoms with Crippen molar-refractivity contribution in [1.82, 2.24) is 4.90 Å². The van der Waals surface area contributed by atoms with Crippen LogP contribution in [0.3, 0.4) is 0 Å². The molecule has 108 valence electrons. The van der Waals surface area contributed by atoms with Crippen molar-refractivity contribution in [3.63, 3.8) is 0 Å². The Balaban J connectivity index is 2.86. The number of rotatable bonds is 7. The first-order chi connectivity index (χ1) is 8.97. The van der Waals surface area contributed by atoms with Crippen molar-refractivity contribution in [2.45, 2.75) is 53.1 Å². The zero-order valence-corrected chi connectivity index (χ0v) is 14.2. The molecule has 0 aromatic heterocycles. The number of nitrogens with zero attached hydrogens (tertiary/aromatic N) is 1. The van der Waals surface area contributed by atoms with E-state index >= 15 is 0 Å². The van der Waals surface area contributed by atoms with Crippen molar-refractivity contribution in [2.75, 3.05) is 12.3 Å². The van der Waals surface area contributed by atoms with Crippen molar-refractivity contribution in [1.29, 1.82) is 0 Å². The second-order valence-corrected chi connectivity index (χ2v) is 6.50. The van der Waals surface area contributed by atoms with E-state index in [4.69, 9.17) is 5.73 Å². The summed E-state index contributed by atoms with van der Waals surface area (Å²) in [5, 5.41) is 0. The van der Waals surface area contributed by atoms with Crippen LogP contribution in [0.2, 0.25) is 0 Å². The molecule has 19 heavy (non-hydrogen) atoms. The van der Waals surface area contributed by atoms with Crippen LogP contribution in [0.5, 0.6) is 0 Å². The lowest BCUT2D eigenvalue weighted by Crippen LogP contribution is -2.36. The van der Waals surface area contributed by atoms with Gasteiger partial charge >= 0.3 is 0 Å². The first kappa shape index (κ1) is 16.5. The van der Waals surface area contributed by atoms with Gasteiger partial charge in [-0.15, -0.1) is 0 Å². The molecule has 1 aromatic rings. The summed E-state index contributed by atoms with van der Waals surface area (Å²) in [6.07, 6.45) is 2.41. The van der Waals surface area contributed by atoms with Gasteiger partial charge in [0.1, 0.15) is 0 Å². The normalized spacial score (nSPS) is 11.8. The summed E-state index contributed by atoms with van der Waals surface area (Å²) in [6, 6.07) is 6.78. The van der Waals surface area contributed by atoms with Crippen LogP contribution in [0.4, 0.5) is 5.69 Å². The third-order valence-corrected chi connectivity index (χ3v) is 4.25. The number of nitrogen functional groups attached to an aromatic ring is 1. The summed E-state index contributed by atoms with van der Waals surface area (Å²) in [5.74, 6) is 0.688. The molecule has 3 heteroatoms. The molecule has 0 amide bonds. The largest absolute Gasteiger partial charge is 0.399 e. The van der Waals surface area contributed by atoms with Gasteiger partial charge in [-0.1, -0.05) is 49.7 Å². The minimum absolute atomic E-state index is 0.659. The summed E-state index contributed by atoms with van der Waals surface area (Å²) in [5.41, 5.74) is 7.94. The summed E-state index contributed by atoms with van der Waals surface area (Å²) in [7, 11) is 0. The van der Waals surface area contributed by atoms with Gasteiger partial charge in [0.15, 0.2) is 0 Å². The predicted octanol–water partition coefficient (Wildman–Crippen LogP) is 4.68. The number of anilines is 1. The standard InChI is InChI=1S/C16H27BrN2/c1-5-15(6-2)19(10-12(3)4)11-13-7-8-14(18)9-16(13)17/h7-9,12,15H,5-6,10-11,18H2,1-4H3. The Hall–Kier alpha value is -0.540. The lowest BCUT2D eigenvalue weighted by molar-refractivity contribution is 0.157. The van der Waals surface area contributed by atoms with Gasteiger partial charge in [-0.2, -0.15) is 0 Å². The molecule has 0 fully saturated rings. The molecule has 0 radical (unpaired) electrons. The van der Waals surface area contributed by atoms with E-state index < -0.39 is 0 Å². The first-order valence-corrected chi connectivity index (χ1v) is 8.05. The smallest absolute Gasteiger partial charge is 0.0325 e. The Labute approximate surface area is 126 Å². The second-order valence-electron chi connectivity index (χ2n) is 5.64. The van der Waals surface area contributed by atoms with Gasteiger partial charge in [0.05, 0.1) is 0 Å². The Morgan fingerprint density at radius 1 is 1.21 bits per heavy atom. The van der Waals surface area contributed by atoms with Crippen LogP contribution in [0, 0.1) is 5.92 Å². The van der Waals surface area contributed by atoms with Crippen molar-refractivity contribution in [3.8, 4) is 0 Å². The maximum atomic E-state index is 5.81. The van der Waals surface area contributed by atoms with Gasteiger partial charge in [0.25, 0.3) is 0 Å². The van der Waals surface area contributed by atoms with Crippen LogP contribution in [-0.2, 0) is 6.54 Å². The van der Waals surface area contributed by atoms with Gasteiger partial charge in [-0.3, -0.25) is 4.90 Å². The maximum Gasteiger partial charge on any atom is 0.0325 e. The Kier molecular flexibility index (Phi) is 6.87. The highest BCUT2D eigenvalue weighted by Crippen LogP contribution is 2.23. The number of halogens is 1. The molecule has 0 aliphatic heterocycles. The molecule has 0 spiro atoms. The highest BCUT2D eigenvalue weighted by atomic mass is 79.9. The molecule has 0 bridgehead atoms. The molecule has 0 heterocycles. The van der Waals surface area contributed by atoms with E-state index in [1.807, 2.05) is 12.1 Å². The average molecular weight is 327 g/mol. The Bertz CT molecular complexity index is 386. The second kappa shape index (κ2) is 7.91. The topological polar surface area (TPSA) is 29.3 Å². The third kappa shape index (κ3) is 5.15. The highest BCUT2D eigenvalue weighted by molar-refractivity contribution is 9.10. The molecule has 2 nitrogen and oxygen atoms in total. The first-order valence-electron chi connectivity index (χ1n) is 7.25. The average Bonchev–Trinajstić information content (AvgIpc) is 2.33. The van der Waals surface area contributed by atoms with Crippen LogP contribution in [0.25, 0.3) is 0 Å². The molecule has 0 saturated heterocycles. The summed E-state index contributed by atoms with van der Waals surface area (Å²) >= 11 is 3.63. The van der Waals surface area contributed by atoms with E-state index in [1.54, 1.807) is 0 Å². The third-order valence-electron chi connectivity index (χ3n) is 3.51. The fourth-order valence-electron chi connectivity index (χ4n) is 2.53. The monoisotopic (exact) mass is 326 g/mol. The molecule has 0 saturated carbocycles. The fraction of sp³-hybridized carbons (Fsp3) is 0.625.